The van der Waals surface area contributed by atoms with Crippen molar-refractivity contribution >= 4 is 35.1 Å². The Morgan fingerprint density at radius 1 is 1.09 bits per heavy atom. The molecule has 0 fully saturated rings. The normalized spacial score (nSPS) is 18.3. The highest BCUT2D eigenvalue weighted by atomic mass is 35.5. The molecule has 180 valence electrons. The third-order valence-corrected chi connectivity index (χ3v) is 6.23. The van der Waals surface area contributed by atoms with Crippen LogP contribution in [0.15, 0.2) is 72.8 Å². The number of esters is 1. The van der Waals surface area contributed by atoms with Gasteiger partial charge in [-0.3, -0.25) is 10.1 Å². The molecule has 2 atom stereocenters. The molecule has 2 N–H and O–H groups in total. The maximum Gasteiger partial charge on any atom is 0.347 e. The number of nitrogens with zero attached hydrogens (tertiary/aromatic N) is 1. The standard InChI is InChI=1S/C26H23ClN2O6/c1-29-21-12-11-18(27)14-20(21)26(28-15-22(29)30,17-8-4-3-5-9-17)23(24(31)32)35-19-10-6-7-16(13-19)25(33)34-2/h3-14,23,28H,15H2,1-2H3,(H,31,32). The second kappa shape index (κ2) is 9.77. The molecule has 0 spiro atoms. The second-order valence-electron chi connectivity index (χ2n) is 8.00. The van der Waals surface area contributed by atoms with Gasteiger partial charge in [0.2, 0.25) is 12.0 Å². The molecular formula is C26H23ClN2O6. The van der Waals surface area contributed by atoms with E-state index in [1.165, 1.54) is 24.1 Å². The summed E-state index contributed by atoms with van der Waals surface area (Å²) in [7, 11) is 2.87. The van der Waals surface area contributed by atoms with Crippen molar-refractivity contribution in [3.63, 3.8) is 0 Å². The molecule has 3 aromatic rings. The van der Waals surface area contributed by atoms with E-state index in [9.17, 15) is 19.5 Å². The quantitative estimate of drug-likeness (QED) is 0.505. The summed E-state index contributed by atoms with van der Waals surface area (Å²) in [6.45, 7) is -0.160. The third-order valence-electron chi connectivity index (χ3n) is 5.99. The second-order valence-corrected chi connectivity index (χ2v) is 8.43. The molecule has 1 aliphatic rings. The fourth-order valence-corrected chi connectivity index (χ4v) is 4.47. The van der Waals surface area contributed by atoms with Crippen molar-refractivity contribution in [2.24, 2.45) is 0 Å². The summed E-state index contributed by atoms with van der Waals surface area (Å²) in [5.74, 6) is -1.99. The van der Waals surface area contributed by atoms with Gasteiger partial charge >= 0.3 is 11.9 Å². The lowest BCUT2D eigenvalue weighted by Gasteiger charge is -2.40. The number of anilines is 1. The summed E-state index contributed by atoms with van der Waals surface area (Å²) < 4.78 is 10.9. The Balaban J connectivity index is 1.97. The van der Waals surface area contributed by atoms with E-state index in [2.05, 4.69) is 5.32 Å². The Kier molecular flexibility index (Phi) is 6.77. The van der Waals surface area contributed by atoms with Gasteiger partial charge in [-0.15, -0.1) is 0 Å². The number of carboxylic acids is 1. The number of methoxy groups -OCH3 is 1. The van der Waals surface area contributed by atoms with Gasteiger partial charge in [-0.25, -0.2) is 9.59 Å². The van der Waals surface area contributed by atoms with Crippen molar-refractivity contribution in [3.8, 4) is 5.75 Å². The van der Waals surface area contributed by atoms with E-state index in [1.807, 2.05) is 0 Å². The number of carboxylic acid groups (broad SMARTS) is 1. The van der Waals surface area contributed by atoms with Crippen LogP contribution in [0.5, 0.6) is 5.75 Å². The van der Waals surface area contributed by atoms with E-state index in [0.29, 0.717) is 21.8 Å². The Labute approximate surface area is 207 Å². The fraction of sp³-hybridized carbons (Fsp3) is 0.192. The summed E-state index contributed by atoms with van der Waals surface area (Å²) in [6, 6.07) is 19.9. The molecule has 1 aliphatic heterocycles. The third kappa shape index (κ3) is 4.45. The van der Waals surface area contributed by atoms with Crippen molar-refractivity contribution in [2.75, 3.05) is 25.6 Å². The van der Waals surface area contributed by atoms with Gasteiger partial charge in [-0.2, -0.15) is 0 Å². The van der Waals surface area contributed by atoms with E-state index in [-0.39, 0.29) is 23.8 Å². The van der Waals surface area contributed by atoms with Crippen molar-refractivity contribution in [1.82, 2.24) is 5.32 Å². The van der Waals surface area contributed by atoms with Crippen molar-refractivity contribution < 1.29 is 29.0 Å². The summed E-state index contributed by atoms with van der Waals surface area (Å²) in [4.78, 5) is 39.2. The van der Waals surface area contributed by atoms with Crippen molar-refractivity contribution in [3.05, 3.63) is 94.5 Å². The van der Waals surface area contributed by atoms with Crippen molar-refractivity contribution in [1.29, 1.82) is 0 Å². The van der Waals surface area contributed by atoms with Crippen LogP contribution < -0.4 is 15.0 Å². The highest BCUT2D eigenvalue weighted by molar-refractivity contribution is 6.30. The SMILES string of the molecule is COC(=O)c1cccc(OC(C(=O)O)C2(c3ccccc3)NCC(=O)N(C)c3ccc(Cl)cc32)c1. The highest BCUT2D eigenvalue weighted by Gasteiger charge is 2.51. The average molecular weight is 495 g/mol. The molecule has 8 nitrogen and oxygen atoms in total. The van der Waals surface area contributed by atoms with E-state index in [4.69, 9.17) is 21.1 Å². The number of carbonyl (C=O) groups excluding carboxylic acids is 2. The first-order valence-electron chi connectivity index (χ1n) is 10.7. The van der Waals surface area contributed by atoms with Gasteiger partial charge < -0.3 is 19.5 Å². The van der Waals surface area contributed by atoms with Crippen LogP contribution >= 0.6 is 11.6 Å². The van der Waals surface area contributed by atoms with Crippen LogP contribution in [-0.2, 0) is 19.9 Å². The van der Waals surface area contributed by atoms with Gasteiger partial charge in [0.1, 0.15) is 11.3 Å². The number of likely N-dealkylation sites (N-methyl/N-ethyl adjacent to an activating group) is 1. The number of carbonyl (C=O) groups is 3. The number of fused-ring (bicyclic) bond motifs is 1. The molecular weight excluding hydrogens is 472 g/mol. The smallest absolute Gasteiger partial charge is 0.347 e. The number of ether oxygens (including phenoxy) is 2. The van der Waals surface area contributed by atoms with Gasteiger partial charge in [0.25, 0.3) is 0 Å². The Bertz CT molecular complexity index is 1280. The molecule has 2 unspecified atom stereocenters. The van der Waals surface area contributed by atoms with Gasteiger partial charge in [0, 0.05) is 23.3 Å². The molecule has 0 aliphatic carbocycles. The number of amides is 1. The zero-order valence-electron chi connectivity index (χ0n) is 19.0. The van der Waals surface area contributed by atoms with E-state index >= 15 is 0 Å². The van der Waals surface area contributed by atoms with E-state index < -0.39 is 23.6 Å². The lowest BCUT2D eigenvalue weighted by Crippen LogP contribution is -2.58. The van der Waals surface area contributed by atoms with Crippen LogP contribution in [-0.4, -0.2) is 49.8 Å². The molecule has 35 heavy (non-hydrogen) atoms. The van der Waals surface area contributed by atoms with Crippen molar-refractivity contribution in [2.45, 2.75) is 11.6 Å². The summed E-state index contributed by atoms with van der Waals surface area (Å²) in [6.07, 6.45) is -1.56. The number of rotatable bonds is 6. The largest absolute Gasteiger partial charge is 0.478 e. The zero-order valence-corrected chi connectivity index (χ0v) is 19.8. The van der Waals surface area contributed by atoms with Crippen LogP contribution in [0.1, 0.15) is 21.5 Å². The topological polar surface area (TPSA) is 105 Å². The van der Waals surface area contributed by atoms with Crippen LogP contribution in [0.4, 0.5) is 5.69 Å². The number of nitrogens with one attached hydrogen (secondary N) is 1. The lowest BCUT2D eigenvalue weighted by molar-refractivity contribution is -0.149. The Morgan fingerprint density at radius 2 is 1.83 bits per heavy atom. The molecule has 3 aromatic carbocycles. The van der Waals surface area contributed by atoms with Gasteiger partial charge in [0.05, 0.1) is 19.2 Å². The average Bonchev–Trinajstić information content (AvgIpc) is 2.97. The molecule has 0 bridgehead atoms. The predicted octanol–water partition coefficient (Wildman–Crippen LogP) is 3.47. The first-order valence-corrected chi connectivity index (χ1v) is 11.1. The molecule has 9 heteroatoms. The van der Waals surface area contributed by atoms with E-state index in [1.54, 1.807) is 67.7 Å². The minimum absolute atomic E-state index is 0.143. The first-order chi connectivity index (χ1) is 16.8. The fourth-order valence-electron chi connectivity index (χ4n) is 4.30. The molecule has 0 aromatic heterocycles. The molecule has 4 rings (SSSR count). The Hall–Kier alpha value is -3.88. The minimum Gasteiger partial charge on any atom is -0.478 e. The number of benzene rings is 3. The summed E-state index contributed by atoms with van der Waals surface area (Å²) in [5, 5.41) is 14.0. The monoisotopic (exact) mass is 494 g/mol. The summed E-state index contributed by atoms with van der Waals surface area (Å²) in [5.41, 5.74) is 0.195. The maximum atomic E-state index is 12.9. The maximum absolute atomic E-state index is 12.9. The minimum atomic E-state index is -1.56. The number of hydrogen-bond acceptors (Lipinski definition) is 6. The molecule has 0 saturated carbocycles. The molecule has 0 saturated heterocycles. The number of aliphatic carboxylic acids is 1. The highest BCUT2D eigenvalue weighted by Crippen LogP contribution is 2.43. The van der Waals surface area contributed by atoms with Gasteiger partial charge in [-0.05, 0) is 42.0 Å². The predicted molar refractivity (Wildman–Crippen MR) is 130 cm³/mol. The zero-order chi connectivity index (χ0) is 25.2. The molecule has 1 amide bonds. The van der Waals surface area contributed by atoms with Gasteiger partial charge in [-0.1, -0.05) is 48.0 Å². The number of halogens is 1. The van der Waals surface area contributed by atoms with Crippen LogP contribution in [0, 0.1) is 0 Å². The summed E-state index contributed by atoms with van der Waals surface area (Å²) >= 11 is 6.37. The van der Waals surface area contributed by atoms with Crippen LogP contribution in [0.25, 0.3) is 0 Å². The Morgan fingerprint density at radius 3 is 2.51 bits per heavy atom. The van der Waals surface area contributed by atoms with Crippen LogP contribution in [0.3, 0.4) is 0 Å². The van der Waals surface area contributed by atoms with Gasteiger partial charge in [0.15, 0.2) is 0 Å². The molecule has 1 heterocycles. The molecule has 0 radical (unpaired) electrons. The lowest BCUT2D eigenvalue weighted by atomic mass is 9.77. The number of hydrogen-bond donors (Lipinski definition) is 2. The van der Waals surface area contributed by atoms with E-state index in [0.717, 1.165) is 0 Å². The first kappa shape index (κ1) is 24.3. The van der Waals surface area contributed by atoms with Crippen LogP contribution in [0.2, 0.25) is 5.02 Å².